The molecule has 0 spiro atoms. The number of hydrogen-bond acceptors (Lipinski definition) is 2. The minimum Gasteiger partial charge on any atom is -0.491 e. The minimum absolute atomic E-state index is 0.0490. The Morgan fingerprint density at radius 1 is 1.10 bits per heavy atom. The van der Waals surface area contributed by atoms with Crippen LogP contribution in [-0.4, -0.2) is 11.9 Å². The molecule has 0 aromatic heterocycles. The normalized spacial score (nSPS) is 10.7. The zero-order valence-corrected chi connectivity index (χ0v) is 11.9. The van der Waals surface area contributed by atoms with Gasteiger partial charge in [0.15, 0.2) is 17.4 Å². The lowest BCUT2D eigenvalue weighted by molar-refractivity contribution is 0.0991. The molecule has 0 heterocycles. The molecule has 0 saturated carbocycles. The Labute approximate surface area is 122 Å². The van der Waals surface area contributed by atoms with Gasteiger partial charge in [-0.3, -0.25) is 4.79 Å². The maximum absolute atomic E-state index is 13.5. The van der Waals surface area contributed by atoms with Crippen molar-refractivity contribution >= 4 is 5.78 Å². The van der Waals surface area contributed by atoms with Crippen molar-refractivity contribution in [2.24, 2.45) is 0 Å². The van der Waals surface area contributed by atoms with E-state index in [2.05, 4.69) is 0 Å². The first-order valence-electron chi connectivity index (χ1n) is 6.70. The second-order valence-electron chi connectivity index (χ2n) is 5.00. The van der Waals surface area contributed by atoms with E-state index in [-0.39, 0.29) is 23.9 Å². The number of hydrogen-bond donors (Lipinski definition) is 0. The molecule has 0 radical (unpaired) electrons. The molecule has 0 fully saturated rings. The van der Waals surface area contributed by atoms with Crippen molar-refractivity contribution in [3.05, 3.63) is 65.2 Å². The summed E-state index contributed by atoms with van der Waals surface area (Å²) in [5.74, 6) is -1.51. The Morgan fingerprint density at radius 3 is 2.38 bits per heavy atom. The van der Waals surface area contributed by atoms with Gasteiger partial charge in [-0.2, -0.15) is 0 Å². The second-order valence-corrected chi connectivity index (χ2v) is 5.00. The summed E-state index contributed by atoms with van der Waals surface area (Å²) in [6.45, 7) is 3.82. The summed E-state index contributed by atoms with van der Waals surface area (Å²) >= 11 is 0. The van der Waals surface area contributed by atoms with Crippen LogP contribution in [-0.2, 0) is 6.42 Å². The van der Waals surface area contributed by atoms with E-state index < -0.39 is 11.6 Å². The monoisotopic (exact) mass is 290 g/mol. The number of carbonyl (C=O) groups is 1. The summed E-state index contributed by atoms with van der Waals surface area (Å²) in [5.41, 5.74) is 0.497. The average Bonchev–Trinajstić information content (AvgIpc) is 2.44. The molecule has 2 aromatic rings. The van der Waals surface area contributed by atoms with Gasteiger partial charge in [-0.1, -0.05) is 12.1 Å². The lowest BCUT2D eigenvalue weighted by Crippen LogP contribution is -2.08. The number of benzene rings is 2. The van der Waals surface area contributed by atoms with Crippen LogP contribution in [0.3, 0.4) is 0 Å². The molecule has 0 saturated heterocycles. The van der Waals surface area contributed by atoms with Crippen molar-refractivity contribution in [2.75, 3.05) is 0 Å². The summed E-state index contributed by atoms with van der Waals surface area (Å²) in [7, 11) is 0. The number of ether oxygens (including phenoxy) is 1. The Morgan fingerprint density at radius 2 is 1.76 bits per heavy atom. The van der Waals surface area contributed by atoms with E-state index in [0.29, 0.717) is 11.3 Å². The lowest BCUT2D eigenvalue weighted by Gasteiger charge is -2.10. The van der Waals surface area contributed by atoms with Crippen LogP contribution in [0.2, 0.25) is 0 Å². The Hall–Kier alpha value is -2.23. The predicted molar refractivity (Wildman–Crippen MR) is 76.6 cm³/mol. The van der Waals surface area contributed by atoms with E-state index in [1.165, 1.54) is 12.1 Å². The van der Waals surface area contributed by atoms with E-state index in [4.69, 9.17) is 4.74 Å². The van der Waals surface area contributed by atoms with Crippen LogP contribution in [0.25, 0.3) is 0 Å². The first-order valence-corrected chi connectivity index (χ1v) is 6.70. The molecule has 2 rings (SSSR count). The highest BCUT2D eigenvalue weighted by Gasteiger charge is 2.13. The summed E-state index contributed by atoms with van der Waals surface area (Å²) in [6.07, 6.45) is -0.124. The van der Waals surface area contributed by atoms with Crippen molar-refractivity contribution in [3.8, 4) is 5.75 Å². The van der Waals surface area contributed by atoms with Crippen molar-refractivity contribution in [1.82, 2.24) is 0 Å². The summed E-state index contributed by atoms with van der Waals surface area (Å²) in [4.78, 5) is 12.1. The molecule has 0 bridgehead atoms. The van der Waals surface area contributed by atoms with Crippen LogP contribution < -0.4 is 4.74 Å². The fraction of sp³-hybridized carbons (Fsp3) is 0.235. The zero-order chi connectivity index (χ0) is 15.4. The van der Waals surface area contributed by atoms with Crippen molar-refractivity contribution < 1.29 is 18.3 Å². The largest absolute Gasteiger partial charge is 0.491 e. The molecular formula is C17H16F2O2. The molecule has 0 N–H and O–H groups in total. The van der Waals surface area contributed by atoms with E-state index in [0.717, 1.165) is 6.07 Å². The van der Waals surface area contributed by atoms with Gasteiger partial charge in [0.1, 0.15) is 5.75 Å². The van der Waals surface area contributed by atoms with Crippen LogP contribution in [0, 0.1) is 11.6 Å². The fourth-order valence-corrected chi connectivity index (χ4v) is 1.95. The Kier molecular flexibility index (Phi) is 4.68. The van der Waals surface area contributed by atoms with Gasteiger partial charge in [0.2, 0.25) is 0 Å². The highest BCUT2D eigenvalue weighted by molar-refractivity contribution is 5.97. The van der Waals surface area contributed by atoms with Crippen LogP contribution >= 0.6 is 0 Å². The first-order chi connectivity index (χ1) is 9.97. The lowest BCUT2D eigenvalue weighted by atomic mass is 10.0. The second kappa shape index (κ2) is 6.48. The molecule has 21 heavy (non-hydrogen) atoms. The molecule has 110 valence electrons. The molecule has 0 aliphatic carbocycles. The molecule has 4 heteroatoms. The standard InChI is InChI=1S/C17H16F2O2/c1-11(2)21-14-8-6-12(7-9-14)16(20)10-13-4-3-5-15(18)17(13)19/h3-9,11H,10H2,1-2H3. The summed E-state index contributed by atoms with van der Waals surface area (Å²) in [5, 5.41) is 0. The molecule has 2 aromatic carbocycles. The Bertz CT molecular complexity index is 634. The van der Waals surface area contributed by atoms with Gasteiger partial charge in [0.25, 0.3) is 0 Å². The predicted octanol–water partition coefficient (Wildman–Crippen LogP) is 4.18. The van der Waals surface area contributed by atoms with Crippen molar-refractivity contribution in [2.45, 2.75) is 26.4 Å². The summed E-state index contributed by atoms with van der Waals surface area (Å²) < 4.78 is 32.1. The molecule has 0 amide bonds. The number of ketones is 1. The van der Waals surface area contributed by atoms with Crippen LogP contribution in [0.15, 0.2) is 42.5 Å². The molecular weight excluding hydrogens is 274 g/mol. The van der Waals surface area contributed by atoms with E-state index >= 15 is 0 Å². The third-order valence-electron chi connectivity index (χ3n) is 2.93. The minimum atomic E-state index is -0.967. The quantitative estimate of drug-likeness (QED) is 0.772. The van der Waals surface area contributed by atoms with Gasteiger partial charge in [-0.05, 0) is 49.7 Å². The van der Waals surface area contributed by atoms with Gasteiger partial charge in [-0.15, -0.1) is 0 Å². The van der Waals surface area contributed by atoms with Gasteiger partial charge in [0, 0.05) is 12.0 Å². The Balaban J connectivity index is 2.11. The fourth-order valence-electron chi connectivity index (χ4n) is 1.95. The van der Waals surface area contributed by atoms with Crippen LogP contribution in [0.4, 0.5) is 8.78 Å². The zero-order valence-electron chi connectivity index (χ0n) is 11.9. The van der Waals surface area contributed by atoms with Crippen LogP contribution in [0.1, 0.15) is 29.8 Å². The van der Waals surface area contributed by atoms with Crippen LogP contribution in [0.5, 0.6) is 5.75 Å². The topological polar surface area (TPSA) is 26.3 Å². The maximum atomic E-state index is 13.5. The third-order valence-corrected chi connectivity index (χ3v) is 2.93. The molecule has 0 aliphatic rings. The highest BCUT2D eigenvalue weighted by atomic mass is 19.2. The SMILES string of the molecule is CC(C)Oc1ccc(C(=O)Cc2cccc(F)c2F)cc1. The number of Topliss-reactive ketones (excluding diaryl/α,β-unsaturated/α-hetero) is 1. The van der Waals surface area contributed by atoms with Crippen molar-refractivity contribution in [1.29, 1.82) is 0 Å². The van der Waals surface area contributed by atoms with E-state index in [1.807, 2.05) is 13.8 Å². The highest BCUT2D eigenvalue weighted by Crippen LogP contribution is 2.17. The third kappa shape index (κ3) is 3.88. The van der Waals surface area contributed by atoms with Gasteiger partial charge in [-0.25, -0.2) is 8.78 Å². The number of carbonyl (C=O) groups excluding carboxylic acids is 1. The molecule has 0 atom stereocenters. The first kappa shape index (κ1) is 15.2. The molecule has 0 aliphatic heterocycles. The van der Waals surface area contributed by atoms with Gasteiger partial charge >= 0.3 is 0 Å². The average molecular weight is 290 g/mol. The summed E-state index contributed by atoms with van der Waals surface area (Å²) in [6, 6.07) is 10.5. The van der Waals surface area contributed by atoms with Gasteiger partial charge in [0.05, 0.1) is 6.10 Å². The number of halogens is 2. The van der Waals surface area contributed by atoms with E-state index in [9.17, 15) is 13.6 Å². The van der Waals surface area contributed by atoms with Crippen molar-refractivity contribution in [3.63, 3.8) is 0 Å². The maximum Gasteiger partial charge on any atom is 0.167 e. The van der Waals surface area contributed by atoms with Gasteiger partial charge < -0.3 is 4.74 Å². The molecule has 0 unspecified atom stereocenters. The smallest absolute Gasteiger partial charge is 0.167 e. The number of rotatable bonds is 5. The molecule has 2 nitrogen and oxygen atoms in total. The van der Waals surface area contributed by atoms with E-state index in [1.54, 1.807) is 24.3 Å².